The second-order valence-corrected chi connectivity index (χ2v) is 4.24. The summed E-state index contributed by atoms with van der Waals surface area (Å²) in [6, 6.07) is 0. The highest BCUT2D eigenvalue weighted by atomic mass is 15.4. The van der Waals surface area contributed by atoms with Crippen LogP contribution in [0.15, 0.2) is 12.5 Å². The molecule has 0 bridgehead atoms. The Labute approximate surface area is 110 Å². The lowest BCUT2D eigenvalue weighted by Gasteiger charge is -2.01. The van der Waals surface area contributed by atoms with Crippen molar-refractivity contribution in [3.63, 3.8) is 0 Å². The lowest BCUT2D eigenvalue weighted by molar-refractivity contribution is 0.833. The van der Waals surface area contributed by atoms with Crippen LogP contribution in [0.25, 0.3) is 17.0 Å². The Kier molecular flexibility index (Phi) is 2.66. The Morgan fingerprint density at radius 2 is 2.21 bits per heavy atom. The summed E-state index contributed by atoms with van der Waals surface area (Å²) in [5.41, 5.74) is 4.03. The molecule has 3 aromatic rings. The van der Waals surface area contributed by atoms with Crippen molar-refractivity contribution in [3.8, 4) is 5.95 Å². The maximum atomic E-state index is 4.62. The SMILES string of the molecule is CCc1c(C)ncc2[nH]c(-n3ncnc3NC)nc12. The summed E-state index contributed by atoms with van der Waals surface area (Å²) in [6.45, 7) is 4.10. The zero-order valence-corrected chi connectivity index (χ0v) is 11.1. The van der Waals surface area contributed by atoms with Crippen LogP contribution in [0.1, 0.15) is 18.2 Å². The second-order valence-electron chi connectivity index (χ2n) is 4.24. The van der Waals surface area contributed by atoms with Crippen LogP contribution in [0.3, 0.4) is 0 Å². The molecule has 7 heteroatoms. The molecule has 98 valence electrons. The molecule has 3 rings (SSSR count). The maximum Gasteiger partial charge on any atom is 0.232 e. The number of nitrogens with zero attached hydrogens (tertiary/aromatic N) is 5. The largest absolute Gasteiger partial charge is 0.357 e. The lowest BCUT2D eigenvalue weighted by Crippen LogP contribution is -2.04. The van der Waals surface area contributed by atoms with Gasteiger partial charge in [-0.2, -0.15) is 14.8 Å². The number of aryl methyl sites for hydroxylation is 2. The minimum absolute atomic E-state index is 0.638. The fourth-order valence-corrected chi connectivity index (χ4v) is 2.20. The predicted octanol–water partition coefficient (Wildman–Crippen LogP) is 1.45. The van der Waals surface area contributed by atoms with Gasteiger partial charge in [-0.05, 0) is 13.3 Å². The van der Waals surface area contributed by atoms with E-state index in [2.05, 4.69) is 37.3 Å². The van der Waals surface area contributed by atoms with Crippen molar-refractivity contribution in [1.29, 1.82) is 0 Å². The molecular formula is C12H15N7. The molecule has 0 aliphatic carbocycles. The van der Waals surface area contributed by atoms with Gasteiger partial charge in [0.2, 0.25) is 11.9 Å². The first-order chi connectivity index (χ1) is 9.24. The van der Waals surface area contributed by atoms with E-state index in [1.807, 2.05) is 6.92 Å². The second kappa shape index (κ2) is 4.34. The first-order valence-electron chi connectivity index (χ1n) is 6.17. The molecule has 0 unspecified atom stereocenters. The zero-order valence-electron chi connectivity index (χ0n) is 11.1. The Morgan fingerprint density at radius 3 is 2.95 bits per heavy atom. The molecule has 0 amide bonds. The Hall–Kier alpha value is -2.44. The summed E-state index contributed by atoms with van der Waals surface area (Å²) in [4.78, 5) is 16.3. The van der Waals surface area contributed by atoms with Gasteiger partial charge in [0.1, 0.15) is 6.33 Å². The third-order valence-corrected chi connectivity index (χ3v) is 3.15. The molecule has 0 spiro atoms. The average molecular weight is 257 g/mol. The van der Waals surface area contributed by atoms with Crippen LogP contribution in [0, 0.1) is 6.92 Å². The van der Waals surface area contributed by atoms with Crippen LogP contribution >= 0.6 is 0 Å². The quantitative estimate of drug-likeness (QED) is 0.742. The number of fused-ring (bicyclic) bond motifs is 1. The van der Waals surface area contributed by atoms with Crippen molar-refractivity contribution in [3.05, 3.63) is 23.8 Å². The van der Waals surface area contributed by atoms with Crippen molar-refractivity contribution in [2.75, 3.05) is 12.4 Å². The Morgan fingerprint density at radius 1 is 1.37 bits per heavy atom. The number of aromatic amines is 1. The van der Waals surface area contributed by atoms with Crippen LogP contribution in [-0.4, -0.2) is 36.8 Å². The van der Waals surface area contributed by atoms with E-state index in [9.17, 15) is 0 Å². The number of nitrogens with one attached hydrogen (secondary N) is 2. The highest BCUT2D eigenvalue weighted by molar-refractivity contribution is 5.79. The molecule has 0 atom stereocenters. The third-order valence-electron chi connectivity index (χ3n) is 3.15. The first kappa shape index (κ1) is 11.6. The normalized spacial score (nSPS) is 11.1. The number of hydrogen-bond acceptors (Lipinski definition) is 5. The van der Waals surface area contributed by atoms with E-state index >= 15 is 0 Å². The summed E-state index contributed by atoms with van der Waals surface area (Å²) in [6.07, 6.45) is 4.19. The molecular weight excluding hydrogens is 242 g/mol. The van der Waals surface area contributed by atoms with Crippen molar-refractivity contribution in [2.24, 2.45) is 0 Å². The van der Waals surface area contributed by atoms with Gasteiger partial charge in [0, 0.05) is 18.3 Å². The monoisotopic (exact) mass is 257 g/mol. The average Bonchev–Trinajstić information content (AvgIpc) is 3.03. The number of hydrogen-bond donors (Lipinski definition) is 2. The van der Waals surface area contributed by atoms with Gasteiger partial charge in [0.15, 0.2) is 0 Å². The molecule has 0 saturated carbocycles. The van der Waals surface area contributed by atoms with Crippen LogP contribution in [0.4, 0.5) is 5.95 Å². The van der Waals surface area contributed by atoms with E-state index in [1.54, 1.807) is 17.9 Å². The van der Waals surface area contributed by atoms with E-state index in [1.165, 1.54) is 6.33 Å². The number of H-pyrrole nitrogens is 1. The number of pyridine rings is 1. The van der Waals surface area contributed by atoms with Crippen molar-refractivity contribution in [1.82, 2.24) is 29.7 Å². The highest BCUT2D eigenvalue weighted by Crippen LogP contribution is 2.21. The van der Waals surface area contributed by atoms with E-state index in [0.29, 0.717) is 11.9 Å². The molecule has 0 aliphatic heterocycles. The van der Waals surface area contributed by atoms with Crippen molar-refractivity contribution < 1.29 is 0 Å². The number of rotatable bonds is 3. The fourth-order valence-electron chi connectivity index (χ4n) is 2.20. The molecule has 0 radical (unpaired) electrons. The van der Waals surface area contributed by atoms with Crippen LogP contribution < -0.4 is 5.32 Å². The molecule has 0 aromatic carbocycles. The fraction of sp³-hybridized carbons (Fsp3) is 0.333. The Balaban J connectivity index is 2.22. The van der Waals surface area contributed by atoms with E-state index in [0.717, 1.165) is 28.7 Å². The molecule has 3 aromatic heterocycles. The van der Waals surface area contributed by atoms with E-state index in [-0.39, 0.29) is 0 Å². The molecule has 0 aliphatic rings. The van der Waals surface area contributed by atoms with Gasteiger partial charge in [-0.25, -0.2) is 4.98 Å². The topological polar surface area (TPSA) is 84.3 Å². The summed E-state index contributed by atoms with van der Waals surface area (Å²) in [5.74, 6) is 1.28. The summed E-state index contributed by atoms with van der Waals surface area (Å²) in [7, 11) is 1.80. The minimum Gasteiger partial charge on any atom is -0.357 e. The van der Waals surface area contributed by atoms with Crippen LogP contribution in [0.2, 0.25) is 0 Å². The summed E-state index contributed by atoms with van der Waals surface area (Å²) in [5, 5.41) is 7.13. The summed E-state index contributed by atoms with van der Waals surface area (Å²) < 4.78 is 1.63. The zero-order chi connectivity index (χ0) is 13.4. The van der Waals surface area contributed by atoms with Gasteiger partial charge in [0.05, 0.1) is 17.2 Å². The van der Waals surface area contributed by atoms with Gasteiger partial charge in [-0.3, -0.25) is 4.98 Å². The first-order valence-corrected chi connectivity index (χ1v) is 6.17. The van der Waals surface area contributed by atoms with Gasteiger partial charge in [-0.15, -0.1) is 0 Å². The highest BCUT2D eigenvalue weighted by Gasteiger charge is 2.13. The predicted molar refractivity (Wildman–Crippen MR) is 72.5 cm³/mol. The Bertz CT molecular complexity index is 725. The standard InChI is InChI=1S/C12H15N7/c1-4-8-7(2)14-5-9-10(8)18-12(17-9)19-11(13-3)15-6-16-19/h5-6H,4H2,1-3H3,(H,17,18)(H,13,15,16). The number of imidazole rings is 1. The van der Waals surface area contributed by atoms with E-state index in [4.69, 9.17) is 0 Å². The van der Waals surface area contributed by atoms with E-state index < -0.39 is 0 Å². The molecule has 3 heterocycles. The van der Waals surface area contributed by atoms with Crippen LogP contribution in [-0.2, 0) is 6.42 Å². The smallest absolute Gasteiger partial charge is 0.232 e. The van der Waals surface area contributed by atoms with Crippen molar-refractivity contribution >= 4 is 17.0 Å². The molecule has 0 saturated heterocycles. The van der Waals surface area contributed by atoms with Gasteiger partial charge < -0.3 is 10.3 Å². The molecule has 19 heavy (non-hydrogen) atoms. The van der Waals surface area contributed by atoms with Crippen LogP contribution in [0.5, 0.6) is 0 Å². The number of anilines is 1. The molecule has 2 N–H and O–H groups in total. The lowest BCUT2D eigenvalue weighted by atomic mass is 10.1. The van der Waals surface area contributed by atoms with Crippen molar-refractivity contribution in [2.45, 2.75) is 20.3 Å². The maximum absolute atomic E-state index is 4.62. The molecule has 0 fully saturated rings. The van der Waals surface area contributed by atoms with Gasteiger partial charge in [0.25, 0.3) is 0 Å². The van der Waals surface area contributed by atoms with Gasteiger partial charge in [-0.1, -0.05) is 6.92 Å². The van der Waals surface area contributed by atoms with Gasteiger partial charge >= 0.3 is 0 Å². The molecule has 7 nitrogen and oxygen atoms in total. The number of aromatic nitrogens is 6. The summed E-state index contributed by atoms with van der Waals surface area (Å²) >= 11 is 0. The minimum atomic E-state index is 0.638. The third kappa shape index (κ3) is 1.74.